The molecule has 0 saturated heterocycles. The summed E-state index contributed by atoms with van der Waals surface area (Å²) >= 11 is 0. The highest BCUT2D eigenvalue weighted by Gasteiger charge is 2.14. The summed E-state index contributed by atoms with van der Waals surface area (Å²) in [5, 5.41) is 12.5. The molecule has 3 aromatic rings. The molecule has 0 aliphatic carbocycles. The van der Waals surface area contributed by atoms with Gasteiger partial charge >= 0.3 is 0 Å². The van der Waals surface area contributed by atoms with Crippen LogP contribution in [-0.4, -0.2) is 16.1 Å². The Morgan fingerprint density at radius 1 is 0.840 bits per heavy atom. The van der Waals surface area contributed by atoms with Gasteiger partial charge in [0.2, 0.25) is 0 Å². The summed E-state index contributed by atoms with van der Waals surface area (Å²) in [5.41, 5.74) is -0.0866. The lowest BCUT2D eigenvalue weighted by atomic mass is 10.2. The van der Waals surface area contributed by atoms with Gasteiger partial charge in [-0.05, 0) is 48.5 Å². The van der Waals surface area contributed by atoms with Gasteiger partial charge in [0.05, 0.1) is 0 Å². The third-order valence-corrected chi connectivity index (χ3v) is 3.22. The van der Waals surface area contributed by atoms with Crippen LogP contribution in [0.3, 0.4) is 0 Å². The SMILES string of the molecule is O=C(Nc1c(F)cccc1F)c1ccc(Nc2ccc(F)cc2)nn1. The summed E-state index contributed by atoms with van der Waals surface area (Å²) in [6, 6.07) is 11.6. The molecule has 2 N–H and O–H groups in total. The van der Waals surface area contributed by atoms with Gasteiger partial charge < -0.3 is 10.6 Å². The highest BCUT2D eigenvalue weighted by molar-refractivity contribution is 6.02. The third-order valence-electron chi connectivity index (χ3n) is 3.22. The lowest BCUT2D eigenvalue weighted by Gasteiger charge is -2.08. The maximum atomic E-state index is 13.5. The number of anilines is 3. The van der Waals surface area contributed by atoms with Gasteiger partial charge in [-0.2, -0.15) is 0 Å². The number of para-hydroxylation sites is 1. The zero-order valence-corrected chi connectivity index (χ0v) is 12.6. The van der Waals surface area contributed by atoms with Crippen LogP contribution in [0.4, 0.5) is 30.4 Å². The molecule has 0 spiro atoms. The van der Waals surface area contributed by atoms with Crippen LogP contribution in [-0.2, 0) is 0 Å². The second-order valence-electron chi connectivity index (χ2n) is 4.99. The van der Waals surface area contributed by atoms with Crippen LogP contribution < -0.4 is 10.6 Å². The third kappa shape index (κ3) is 3.92. The molecule has 0 fully saturated rings. The van der Waals surface area contributed by atoms with Gasteiger partial charge in [0.1, 0.15) is 23.1 Å². The van der Waals surface area contributed by atoms with Gasteiger partial charge in [0, 0.05) is 5.69 Å². The Morgan fingerprint density at radius 3 is 2.12 bits per heavy atom. The van der Waals surface area contributed by atoms with Crippen LogP contribution in [0.15, 0.2) is 54.6 Å². The topological polar surface area (TPSA) is 66.9 Å². The largest absolute Gasteiger partial charge is 0.339 e. The Morgan fingerprint density at radius 2 is 1.52 bits per heavy atom. The van der Waals surface area contributed by atoms with Crippen LogP contribution in [0.25, 0.3) is 0 Å². The van der Waals surface area contributed by atoms with E-state index in [2.05, 4.69) is 20.8 Å². The Bertz CT molecular complexity index is 879. The molecule has 2 aromatic carbocycles. The first-order valence-corrected chi connectivity index (χ1v) is 7.14. The van der Waals surface area contributed by atoms with Gasteiger partial charge in [-0.25, -0.2) is 13.2 Å². The molecule has 3 rings (SSSR count). The van der Waals surface area contributed by atoms with Gasteiger partial charge in [0.25, 0.3) is 5.91 Å². The van der Waals surface area contributed by atoms with E-state index in [1.165, 1.54) is 42.5 Å². The fourth-order valence-corrected chi connectivity index (χ4v) is 2.00. The zero-order chi connectivity index (χ0) is 17.8. The van der Waals surface area contributed by atoms with E-state index in [1.54, 1.807) is 0 Å². The first-order valence-electron chi connectivity index (χ1n) is 7.14. The van der Waals surface area contributed by atoms with E-state index in [9.17, 15) is 18.0 Å². The lowest BCUT2D eigenvalue weighted by Crippen LogP contribution is -2.16. The molecular weight excluding hydrogens is 333 g/mol. The number of aromatic nitrogens is 2. The standard InChI is InChI=1S/C17H11F3N4O/c18-10-4-6-11(7-5-10)21-15-9-8-14(23-24-15)17(25)22-16-12(19)2-1-3-13(16)20/h1-9H,(H,21,24)(H,22,25). The van der Waals surface area contributed by atoms with Crippen LogP contribution in [0, 0.1) is 17.5 Å². The van der Waals surface area contributed by atoms with Crippen molar-refractivity contribution < 1.29 is 18.0 Å². The fourth-order valence-electron chi connectivity index (χ4n) is 2.00. The van der Waals surface area contributed by atoms with Gasteiger partial charge in [-0.15, -0.1) is 10.2 Å². The molecule has 0 atom stereocenters. The summed E-state index contributed by atoms with van der Waals surface area (Å²) in [6.45, 7) is 0. The van der Waals surface area contributed by atoms with E-state index in [0.29, 0.717) is 11.5 Å². The summed E-state index contributed by atoms with van der Waals surface area (Å²) < 4.78 is 39.9. The molecule has 8 heteroatoms. The van der Waals surface area contributed by atoms with E-state index in [0.717, 1.165) is 12.1 Å². The Balaban J connectivity index is 1.71. The van der Waals surface area contributed by atoms with Gasteiger partial charge in [-0.3, -0.25) is 4.79 Å². The van der Waals surface area contributed by atoms with Crippen LogP contribution in [0.5, 0.6) is 0 Å². The minimum Gasteiger partial charge on any atom is -0.339 e. The summed E-state index contributed by atoms with van der Waals surface area (Å²) in [5.74, 6) is -2.64. The number of carbonyl (C=O) groups is 1. The molecule has 1 aromatic heterocycles. The first-order chi connectivity index (χ1) is 12.0. The van der Waals surface area contributed by atoms with Crippen LogP contribution in [0.2, 0.25) is 0 Å². The van der Waals surface area contributed by atoms with Crippen molar-refractivity contribution in [2.45, 2.75) is 0 Å². The van der Waals surface area contributed by atoms with E-state index in [4.69, 9.17) is 0 Å². The molecule has 1 heterocycles. The normalized spacial score (nSPS) is 10.4. The summed E-state index contributed by atoms with van der Waals surface area (Å²) in [7, 11) is 0. The van der Waals surface area contributed by atoms with Crippen LogP contribution in [0.1, 0.15) is 10.5 Å². The smallest absolute Gasteiger partial charge is 0.276 e. The van der Waals surface area contributed by atoms with Crippen molar-refractivity contribution in [1.29, 1.82) is 0 Å². The predicted octanol–water partition coefficient (Wildman–Crippen LogP) is 3.89. The lowest BCUT2D eigenvalue weighted by molar-refractivity contribution is 0.102. The van der Waals surface area contributed by atoms with Crippen molar-refractivity contribution in [2.75, 3.05) is 10.6 Å². The maximum absolute atomic E-state index is 13.5. The minimum absolute atomic E-state index is 0.118. The van der Waals surface area contributed by atoms with Gasteiger partial charge in [-0.1, -0.05) is 6.07 Å². The van der Waals surface area contributed by atoms with Gasteiger partial charge in [0.15, 0.2) is 11.5 Å². The van der Waals surface area contributed by atoms with E-state index >= 15 is 0 Å². The number of nitrogens with one attached hydrogen (secondary N) is 2. The first kappa shape index (κ1) is 16.4. The van der Waals surface area contributed by atoms with Crippen molar-refractivity contribution in [1.82, 2.24) is 10.2 Å². The number of amides is 1. The Labute approximate surface area is 140 Å². The van der Waals surface area contributed by atoms with E-state index in [1.807, 2.05) is 0 Å². The summed E-state index contributed by atoms with van der Waals surface area (Å²) in [4.78, 5) is 12.0. The van der Waals surface area contributed by atoms with Crippen molar-refractivity contribution in [3.05, 3.63) is 77.7 Å². The molecule has 25 heavy (non-hydrogen) atoms. The molecule has 0 aliphatic heterocycles. The Kier molecular flexibility index (Phi) is 4.60. The number of nitrogens with zero attached hydrogens (tertiary/aromatic N) is 2. The molecule has 0 bridgehead atoms. The second kappa shape index (κ2) is 7.00. The highest BCUT2D eigenvalue weighted by Crippen LogP contribution is 2.19. The molecule has 1 amide bonds. The molecule has 0 saturated carbocycles. The number of halogens is 3. The maximum Gasteiger partial charge on any atom is 0.276 e. The minimum atomic E-state index is -0.893. The second-order valence-corrected chi connectivity index (χ2v) is 4.99. The number of benzene rings is 2. The molecule has 5 nitrogen and oxygen atoms in total. The molecule has 0 unspecified atom stereocenters. The number of hydrogen-bond donors (Lipinski definition) is 2. The number of carbonyl (C=O) groups excluding carboxylic acids is 1. The van der Waals surface area contributed by atoms with Crippen molar-refractivity contribution in [2.24, 2.45) is 0 Å². The predicted molar refractivity (Wildman–Crippen MR) is 86.0 cm³/mol. The van der Waals surface area contributed by atoms with E-state index in [-0.39, 0.29) is 11.5 Å². The van der Waals surface area contributed by atoms with Crippen molar-refractivity contribution >= 4 is 23.1 Å². The van der Waals surface area contributed by atoms with Crippen molar-refractivity contribution in [3.63, 3.8) is 0 Å². The van der Waals surface area contributed by atoms with Crippen LogP contribution >= 0.6 is 0 Å². The van der Waals surface area contributed by atoms with E-state index < -0.39 is 23.2 Å². The quantitative estimate of drug-likeness (QED) is 0.753. The average Bonchev–Trinajstić information content (AvgIpc) is 2.61. The van der Waals surface area contributed by atoms with Crippen molar-refractivity contribution in [3.8, 4) is 0 Å². The molecule has 0 aliphatic rings. The average molecular weight is 344 g/mol. The fraction of sp³-hybridized carbons (Fsp3) is 0. The number of rotatable bonds is 4. The zero-order valence-electron chi connectivity index (χ0n) is 12.6. The molecule has 126 valence electrons. The monoisotopic (exact) mass is 344 g/mol. The number of hydrogen-bond acceptors (Lipinski definition) is 4. The summed E-state index contributed by atoms with van der Waals surface area (Å²) in [6.07, 6.45) is 0. The molecular formula is C17H11F3N4O. The Hall–Kier alpha value is -3.42. The molecule has 0 radical (unpaired) electrons. The highest BCUT2D eigenvalue weighted by atomic mass is 19.1.